The number of hydrogen-bond acceptors (Lipinski definition) is 4. The first-order valence-electron chi connectivity index (χ1n) is 3.68. The summed E-state index contributed by atoms with van der Waals surface area (Å²) in [4.78, 5) is 11.3. The molecule has 0 aliphatic carbocycles. The van der Waals surface area contributed by atoms with E-state index in [4.69, 9.17) is 20.9 Å². The summed E-state index contributed by atoms with van der Waals surface area (Å²) >= 11 is 5.05. The lowest BCUT2D eigenvalue weighted by Crippen LogP contribution is -2.13. The molecule has 0 amide bonds. The van der Waals surface area contributed by atoms with Gasteiger partial charge in [0.25, 0.3) is 0 Å². The van der Waals surface area contributed by atoms with E-state index in [-0.39, 0.29) is 17.9 Å². The van der Waals surface area contributed by atoms with Gasteiger partial charge in [-0.3, -0.25) is 4.79 Å². The lowest BCUT2D eigenvalue weighted by Gasteiger charge is -2.17. The number of ketones is 1. The Kier molecular flexibility index (Phi) is 5.18. The number of carbonyl (C=O) groups is 1. The van der Waals surface area contributed by atoms with Crippen LogP contribution in [0.15, 0.2) is 0 Å². The smallest absolute Gasteiger partial charge is 0.195 e. The molecule has 0 N–H and O–H groups in total. The van der Waals surface area contributed by atoms with E-state index in [0.717, 1.165) is 0 Å². The molecule has 0 fully saturated rings. The molecule has 5 heteroatoms. The third-order valence-electron chi connectivity index (χ3n) is 1.55. The van der Waals surface area contributed by atoms with Gasteiger partial charge in [0, 0.05) is 20.1 Å². The third kappa shape index (κ3) is 3.76. The van der Waals surface area contributed by atoms with Crippen LogP contribution in [-0.2, 0) is 25.6 Å². The van der Waals surface area contributed by atoms with Crippen molar-refractivity contribution in [3.8, 4) is 0 Å². The Morgan fingerprint density at radius 1 is 1.42 bits per heavy atom. The summed E-state index contributed by atoms with van der Waals surface area (Å²) in [6.45, 7) is 1.37. The molecular formula is C7H15O3PS. The molecule has 0 saturated carbocycles. The van der Waals surface area contributed by atoms with Gasteiger partial charge in [-0.1, -0.05) is 13.8 Å². The van der Waals surface area contributed by atoms with Crippen LogP contribution in [0.25, 0.3) is 0 Å². The fourth-order valence-electron chi connectivity index (χ4n) is 0.577. The zero-order chi connectivity index (χ0) is 9.78. The Morgan fingerprint density at radius 2 is 1.83 bits per heavy atom. The van der Waals surface area contributed by atoms with E-state index < -0.39 is 6.49 Å². The first-order valence-corrected chi connectivity index (χ1v) is 6.50. The summed E-state index contributed by atoms with van der Waals surface area (Å²) in [5.74, 6) is 0.0969. The van der Waals surface area contributed by atoms with Crippen LogP contribution in [0.5, 0.6) is 0 Å². The van der Waals surface area contributed by atoms with Crippen LogP contribution in [0.1, 0.15) is 13.8 Å². The molecule has 3 nitrogen and oxygen atoms in total. The van der Waals surface area contributed by atoms with Gasteiger partial charge in [-0.15, -0.1) is 0 Å². The zero-order valence-electron chi connectivity index (χ0n) is 7.86. The minimum Gasteiger partial charge on any atom is -0.332 e. The van der Waals surface area contributed by atoms with Crippen molar-refractivity contribution in [1.82, 2.24) is 0 Å². The van der Waals surface area contributed by atoms with E-state index in [1.165, 1.54) is 14.2 Å². The first kappa shape index (κ1) is 12.2. The van der Waals surface area contributed by atoms with Gasteiger partial charge in [-0.25, -0.2) is 0 Å². The molecule has 0 radical (unpaired) electrons. The normalized spacial score (nSPS) is 12.1. The van der Waals surface area contributed by atoms with Crippen molar-refractivity contribution in [1.29, 1.82) is 0 Å². The summed E-state index contributed by atoms with van der Waals surface area (Å²) < 4.78 is 9.98. The van der Waals surface area contributed by atoms with Crippen LogP contribution in [0.3, 0.4) is 0 Å². The van der Waals surface area contributed by atoms with Gasteiger partial charge in [0.1, 0.15) is 5.78 Å². The predicted octanol–water partition coefficient (Wildman–Crippen LogP) is 1.81. The largest absolute Gasteiger partial charge is 0.332 e. The highest BCUT2D eigenvalue weighted by atomic mass is 32.5. The van der Waals surface area contributed by atoms with Crippen LogP contribution in [0.4, 0.5) is 0 Å². The Bertz CT molecular complexity index is 195. The molecule has 0 rings (SSSR count). The van der Waals surface area contributed by atoms with E-state index >= 15 is 0 Å². The molecule has 0 aliphatic heterocycles. The van der Waals surface area contributed by atoms with E-state index in [2.05, 4.69) is 0 Å². The van der Waals surface area contributed by atoms with Crippen molar-refractivity contribution in [2.24, 2.45) is 5.92 Å². The zero-order valence-corrected chi connectivity index (χ0v) is 9.58. The van der Waals surface area contributed by atoms with Crippen LogP contribution in [0.2, 0.25) is 0 Å². The standard InChI is InChI=1S/C7H15O3PS/c1-6(2)7(8)5-11(12,9-3)10-4/h6H,5H2,1-4H3. The SMILES string of the molecule is COP(=S)(CC(=O)C(C)C)OC. The fourth-order valence-corrected chi connectivity index (χ4v) is 2.11. The lowest BCUT2D eigenvalue weighted by molar-refractivity contribution is -0.119. The molecule has 12 heavy (non-hydrogen) atoms. The van der Waals surface area contributed by atoms with Crippen molar-refractivity contribution in [2.75, 3.05) is 20.4 Å². The van der Waals surface area contributed by atoms with E-state index in [1.54, 1.807) is 0 Å². The average molecular weight is 210 g/mol. The first-order chi connectivity index (χ1) is 5.45. The van der Waals surface area contributed by atoms with Crippen LogP contribution < -0.4 is 0 Å². The second-order valence-corrected chi connectivity index (χ2v) is 6.69. The molecule has 72 valence electrons. The Labute approximate surface area is 78.6 Å². The maximum atomic E-state index is 11.3. The summed E-state index contributed by atoms with van der Waals surface area (Å²) in [7, 11) is 2.97. The Hall–Kier alpha value is 0.240. The Balaban J connectivity index is 4.23. The molecule has 0 bridgehead atoms. The summed E-state index contributed by atoms with van der Waals surface area (Å²) in [6.07, 6.45) is 0.229. The molecule has 0 aliphatic rings. The van der Waals surface area contributed by atoms with E-state index in [0.29, 0.717) is 0 Å². The topological polar surface area (TPSA) is 35.5 Å². The molecule has 0 aromatic heterocycles. The van der Waals surface area contributed by atoms with Crippen molar-refractivity contribution < 1.29 is 13.8 Å². The number of carbonyl (C=O) groups excluding carboxylic acids is 1. The summed E-state index contributed by atoms with van der Waals surface area (Å²) in [5, 5.41) is 0. The average Bonchev–Trinajstić information content (AvgIpc) is 2.04. The van der Waals surface area contributed by atoms with E-state index in [9.17, 15) is 4.79 Å². The quantitative estimate of drug-likeness (QED) is 0.648. The molecule has 0 heterocycles. The monoisotopic (exact) mass is 210 g/mol. The number of rotatable bonds is 5. The highest BCUT2D eigenvalue weighted by Crippen LogP contribution is 2.46. The molecule has 0 spiro atoms. The van der Waals surface area contributed by atoms with Gasteiger partial charge < -0.3 is 9.05 Å². The summed E-state index contributed by atoms with van der Waals surface area (Å²) in [5.41, 5.74) is 0. The molecule has 0 unspecified atom stereocenters. The molecular weight excluding hydrogens is 195 g/mol. The van der Waals surface area contributed by atoms with Crippen LogP contribution in [0, 0.1) is 5.92 Å². The van der Waals surface area contributed by atoms with Crippen LogP contribution in [-0.4, -0.2) is 26.2 Å². The van der Waals surface area contributed by atoms with E-state index in [1.807, 2.05) is 13.8 Å². The van der Waals surface area contributed by atoms with Gasteiger partial charge >= 0.3 is 0 Å². The van der Waals surface area contributed by atoms with Gasteiger partial charge in [0.15, 0.2) is 6.49 Å². The van der Waals surface area contributed by atoms with Gasteiger partial charge in [-0.2, -0.15) is 0 Å². The van der Waals surface area contributed by atoms with Crippen LogP contribution >= 0.6 is 6.49 Å². The summed E-state index contributed by atoms with van der Waals surface area (Å²) in [6, 6.07) is 0. The molecule has 0 saturated heterocycles. The minimum absolute atomic E-state index is 0.00220. The minimum atomic E-state index is -2.31. The van der Waals surface area contributed by atoms with Crippen molar-refractivity contribution >= 4 is 24.1 Å². The van der Waals surface area contributed by atoms with Gasteiger partial charge in [-0.05, 0) is 11.8 Å². The maximum absolute atomic E-state index is 11.3. The van der Waals surface area contributed by atoms with Crippen molar-refractivity contribution in [3.63, 3.8) is 0 Å². The second-order valence-electron chi connectivity index (χ2n) is 2.76. The predicted molar refractivity (Wildman–Crippen MR) is 53.0 cm³/mol. The maximum Gasteiger partial charge on any atom is 0.195 e. The molecule has 0 aromatic rings. The number of Topliss-reactive ketones (excluding diaryl/α,β-unsaturated/α-hetero) is 1. The van der Waals surface area contributed by atoms with Crippen molar-refractivity contribution in [3.05, 3.63) is 0 Å². The van der Waals surface area contributed by atoms with Crippen molar-refractivity contribution in [2.45, 2.75) is 13.8 Å². The van der Waals surface area contributed by atoms with Gasteiger partial charge in [0.05, 0.1) is 6.16 Å². The third-order valence-corrected chi connectivity index (χ3v) is 4.64. The molecule has 0 atom stereocenters. The Morgan fingerprint density at radius 3 is 2.08 bits per heavy atom. The highest BCUT2D eigenvalue weighted by Gasteiger charge is 2.21. The highest BCUT2D eigenvalue weighted by molar-refractivity contribution is 8.10. The lowest BCUT2D eigenvalue weighted by atomic mass is 10.1. The fraction of sp³-hybridized carbons (Fsp3) is 0.857. The van der Waals surface area contributed by atoms with Gasteiger partial charge in [0.2, 0.25) is 0 Å². The second kappa shape index (κ2) is 5.07. The molecule has 0 aromatic carbocycles. The number of hydrogen-bond donors (Lipinski definition) is 0.